The topological polar surface area (TPSA) is 40.5 Å². The van der Waals surface area contributed by atoms with Gasteiger partial charge in [0, 0.05) is 6.54 Å². The summed E-state index contributed by atoms with van der Waals surface area (Å²) in [4.78, 5) is 13.6. The highest BCUT2D eigenvalue weighted by Gasteiger charge is 2.37. The summed E-state index contributed by atoms with van der Waals surface area (Å²) >= 11 is 24.9. The van der Waals surface area contributed by atoms with Gasteiger partial charge in [-0.1, -0.05) is 64.6 Å². The number of nitrogens with zero attached hydrogens (tertiary/aromatic N) is 1. The third kappa shape index (κ3) is 3.76. The van der Waals surface area contributed by atoms with Crippen molar-refractivity contribution in [3.63, 3.8) is 0 Å². The first-order valence-electron chi connectivity index (χ1n) is 7.77. The molecule has 25 heavy (non-hydrogen) atoms. The number of carboxylic acid groups (broad SMARTS) is 1. The summed E-state index contributed by atoms with van der Waals surface area (Å²) in [5, 5.41) is 11.3. The molecule has 1 saturated heterocycles. The molecular weight excluding hydrogens is 404 g/mol. The van der Waals surface area contributed by atoms with Gasteiger partial charge in [0.15, 0.2) is 0 Å². The number of likely N-dealkylation sites (tertiary alicyclic amines) is 1. The zero-order chi connectivity index (χ0) is 18.1. The Labute approximate surface area is 166 Å². The molecule has 1 fully saturated rings. The lowest BCUT2D eigenvalue weighted by Gasteiger charge is -2.32. The first-order chi connectivity index (χ1) is 11.9. The fourth-order valence-electron chi connectivity index (χ4n) is 3.33. The lowest BCUT2D eigenvalue weighted by molar-refractivity contribution is -0.142. The van der Waals surface area contributed by atoms with Gasteiger partial charge < -0.3 is 5.11 Å². The van der Waals surface area contributed by atoms with Crippen LogP contribution in [0.2, 0.25) is 20.1 Å². The van der Waals surface area contributed by atoms with E-state index in [1.54, 1.807) is 24.3 Å². The molecule has 2 unspecified atom stereocenters. The van der Waals surface area contributed by atoms with Crippen molar-refractivity contribution in [3.8, 4) is 0 Å². The summed E-state index contributed by atoms with van der Waals surface area (Å²) in [5.74, 6) is -0.847. The molecule has 0 aliphatic carbocycles. The maximum Gasteiger partial charge on any atom is 0.320 e. The van der Waals surface area contributed by atoms with Crippen molar-refractivity contribution in [3.05, 3.63) is 67.6 Å². The van der Waals surface area contributed by atoms with Gasteiger partial charge in [0.2, 0.25) is 0 Å². The average molecular weight is 419 g/mol. The summed E-state index contributed by atoms with van der Waals surface area (Å²) in [7, 11) is 0. The van der Waals surface area contributed by atoms with Crippen molar-refractivity contribution in [1.82, 2.24) is 4.90 Å². The third-order valence-electron chi connectivity index (χ3n) is 4.45. The van der Waals surface area contributed by atoms with E-state index in [1.807, 2.05) is 17.0 Å². The second kappa shape index (κ2) is 7.73. The number of aliphatic carboxylic acids is 1. The highest BCUT2D eigenvalue weighted by molar-refractivity contribution is 6.43. The van der Waals surface area contributed by atoms with Gasteiger partial charge in [-0.15, -0.1) is 0 Å². The maximum atomic E-state index is 11.7. The monoisotopic (exact) mass is 417 g/mol. The van der Waals surface area contributed by atoms with Crippen LogP contribution in [-0.2, 0) is 4.79 Å². The van der Waals surface area contributed by atoms with Crippen molar-refractivity contribution in [2.75, 3.05) is 6.54 Å². The van der Waals surface area contributed by atoms with E-state index in [0.717, 1.165) is 17.5 Å². The van der Waals surface area contributed by atoms with Crippen molar-refractivity contribution in [2.45, 2.75) is 24.9 Å². The zero-order valence-electron chi connectivity index (χ0n) is 13.1. The Bertz CT molecular complexity index is 812. The van der Waals surface area contributed by atoms with E-state index in [-0.39, 0.29) is 6.04 Å². The molecule has 132 valence electrons. The van der Waals surface area contributed by atoms with E-state index in [4.69, 9.17) is 46.4 Å². The van der Waals surface area contributed by atoms with E-state index in [2.05, 4.69) is 0 Å². The van der Waals surface area contributed by atoms with Gasteiger partial charge in [0.25, 0.3) is 0 Å². The van der Waals surface area contributed by atoms with E-state index in [9.17, 15) is 9.90 Å². The van der Waals surface area contributed by atoms with E-state index >= 15 is 0 Å². The van der Waals surface area contributed by atoms with E-state index in [0.29, 0.717) is 33.1 Å². The quantitative estimate of drug-likeness (QED) is 0.667. The predicted molar refractivity (Wildman–Crippen MR) is 102 cm³/mol. The van der Waals surface area contributed by atoms with Gasteiger partial charge in [0.05, 0.1) is 26.1 Å². The fourth-order valence-corrected chi connectivity index (χ4v) is 4.04. The molecule has 3 nitrogen and oxygen atoms in total. The zero-order valence-corrected chi connectivity index (χ0v) is 16.1. The average Bonchev–Trinajstić information content (AvgIpc) is 3.04. The van der Waals surface area contributed by atoms with Crippen LogP contribution in [0, 0.1) is 0 Å². The first kappa shape index (κ1) is 18.8. The summed E-state index contributed by atoms with van der Waals surface area (Å²) in [6.07, 6.45) is 1.39. The number of benzene rings is 2. The van der Waals surface area contributed by atoms with Crippen LogP contribution in [0.3, 0.4) is 0 Å². The van der Waals surface area contributed by atoms with Crippen molar-refractivity contribution in [1.29, 1.82) is 0 Å². The van der Waals surface area contributed by atoms with Crippen molar-refractivity contribution < 1.29 is 9.90 Å². The third-order valence-corrected chi connectivity index (χ3v) is 6.02. The summed E-state index contributed by atoms with van der Waals surface area (Å²) in [5.41, 5.74) is 1.58. The van der Waals surface area contributed by atoms with Crippen LogP contribution in [0.15, 0.2) is 36.4 Å². The molecule has 2 aromatic carbocycles. The minimum absolute atomic E-state index is 0.371. The standard InChI is InChI=1S/C18H15Cl4NO2/c19-12-7-6-10(9-14(12)21)17(11-3-1-4-13(20)16(11)22)23-8-2-5-15(23)18(24)25/h1,3-4,6-7,9,15,17H,2,5,8H2,(H,24,25). The Balaban J connectivity index is 2.16. The molecule has 1 aliphatic rings. The fraction of sp³-hybridized carbons (Fsp3) is 0.278. The van der Waals surface area contributed by atoms with Gasteiger partial charge in [-0.05, 0) is 42.2 Å². The minimum atomic E-state index is -0.847. The smallest absolute Gasteiger partial charge is 0.320 e. The van der Waals surface area contributed by atoms with Gasteiger partial charge in [-0.25, -0.2) is 0 Å². The molecule has 0 bridgehead atoms. The Morgan fingerprint density at radius 1 is 1.08 bits per heavy atom. The highest BCUT2D eigenvalue weighted by Crippen LogP contribution is 2.41. The van der Waals surface area contributed by atoms with Gasteiger partial charge >= 0.3 is 5.97 Å². The molecule has 0 amide bonds. The SMILES string of the molecule is O=C(O)C1CCCN1C(c1ccc(Cl)c(Cl)c1)c1cccc(Cl)c1Cl. The highest BCUT2D eigenvalue weighted by atomic mass is 35.5. The van der Waals surface area contributed by atoms with Crippen LogP contribution in [0.25, 0.3) is 0 Å². The molecule has 1 aliphatic heterocycles. The number of halogens is 4. The van der Waals surface area contributed by atoms with Crippen LogP contribution in [0.1, 0.15) is 30.0 Å². The molecular formula is C18H15Cl4NO2. The lowest BCUT2D eigenvalue weighted by Crippen LogP contribution is -2.39. The largest absolute Gasteiger partial charge is 0.480 e. The number of rotatable bonds is 4. The van der Waals surface area contributed by atoms with E-state index < -0.39 is 12.0 Å². The van der Waals surface area contributed by atoms with Crippen LogP contribution >= 0.6 is 46.4 Å². The van der Waals surface area contributed by atoms with Gasteiger partial charge in [-0.2, -0.15) is 0 Å². The van der Waals surface area contributed by atoms with Crippen LogP contribution in [0.5, 0.6) is 0 Å². The molecule has 0 aromatic heterocycles. The second-order valence-corrected chi connectivity index (χ2v) is 7.55. The van der Waals surface area contributed by atoms with Crippen LogP contribution < -0.4 is 0 Å². The Morgan fingerprint density at radius 2 is 1.84 bits per heavy atom. The summed E-state index contributed by atoms with van der Waals surface area (Å²) in [6.45, 7) is 0.644. The Hall–Kier alpha value is -0.970. The lowest BCUT2D eigenvalue weighted by atomic mass is 9.96. The molecule has 1 N–H and O–H groups in total. The van der Waals surface area contributed by atoms with Gasteiger partial charge in [0.1, 0.15) is 6.04 Å². The van der Waals surface area contributed by atoms with Gasteiger partial charge in [-0.3, -0.25) is 9.69 Å². The Kier molecular flexibility index (Phi) is 5.81. The minimum Gasteiger partial charge on any atom is -0.480 e. The molecule has 1 heterocycles. The summed E-state index contributed by atoms with van der Waals surface area (Å²) < 4.78 is 0. The maximum absolute atomic E-state index is 11.7. The molecule has 0 radical (unpaired) electrons. The molecule has 2 aromatic rings. The summed E-state index contributed by atoms with van der Waals surface area (Å²) in [6, 6.07) is 9.71. The number of carboxylic acids is 1. The predicted octanol–water partition coefficient (Wildman–Crippen LogP) is 5.94. The molecule has 0 saturated carbocycles. The second-order valence-electron chi connectivity index (χ2n) is 5.95. The Morgan fingerprint density at radius 3 is 2.52 bits per heavy atom. The molecule has 0 spiro atoms. The number of carbonyl (C=O) groups is 1. The van der Waals surface area contributed by atoms with Crippen molar-refractivity contribution >= 4 is 52.4 Å². The van der Waals surface area contributed by atoms with Crippen LogP contribution in [0.4, 0.5) is 0 Å². The van der Waals surface area contributed by atoms with E-state index in [1.165, 1.54) is 0 Å². The normalized spacial score (nSPS) is 19.1. The van der Waals surface area contributed by atoms with Crippen molar-refractivity contribution in [2.24, 2.45) is 0 Å². The molecule has 7 heteroatoms. The first-order valence-corrected chi connectivity index (χ1v) is 9.28. The molecule has 2 atom stereocenters. The van der Waals surface area contributed by atoms with Crippen LogP contribution in [-0.4, -0.2) is 28.6 Å². The molecule has 3 rings (SSSR count). The number of hydrogen-bond acceptors (Lipinski definition) is 2. The number of hydrogen-bond donors (Lipinski definition) is 1.